The fraction of sp³-hybridized carbons (Fsp3) is 0.167. The average Bonchev–Trinajstić information content (AvgIpc) is 2.23. The van der Waals surface area contributed by atoms with Crippen molar-refractivity contribution >= 4 is 18.2 Å². The molecule has 1 atom stereocenters. The molecule has 78 valence electrons. The highest BCUT2D eigenvalue weighted by Crippen LogP contribution is 2.28. The molecule has 0 aromatic heterocycles. The monoisotopic (exact) mass is 224 g/mol. The Kier molecular flexibility index (Phi) is 2.91. The van der Waals surface area contributed by atoms with Crippen LogP contribution in [0.5, 0.6) is 0 Å². The van der Waals surface area contributed by atoms with Crippen LogP contribution in [0.2, 0.25) is 0 Å². The van der Waals surface area contributed by atoms with E-state index in [4.69, 9.17) is 0 Å². The summed E-state index contributed by atoms with van der Waals surface area (Å²) in [7, 11) is 0. The molecule has 1 unspecified atom stereocenters. The molecule has 1 aromatic rings. The van der Waals surface area contributed by atoms with Crippen LogP contribution >= 0.6 is 12.6 Å². The fourth-order valence-electron chi connectivity index (χ4n) is 1.50. The Morgan fingerprint density at radius 2 is 1.87 bits per heavy atom. The van der Waals surface area contributed by atoms with Crippen LogP contribution in [0, 0.1) is 0 Å². The van der Waals surface area contributed by atoms with Gasteiger partial charge in [0.2, 0.25) is 0 Å². The highest BCUT2D eigenvalue weighted by Gasteiger charge is 2.17. The molecule has 15 heavy (non-hydrogen) atoms. The van der Waals surface area contributed by atoms with E-state index >= 15 is 0 Å². The number of alkyl halides is 1. The predicted molar refractivity (Wildman–Crippen MR) is 60.4 cm³/mol. The van der Waals surface area contributed by atoms with E-state index in [9.17, 15) is 8.78 Å². The van der Waals surface area contributed by atoms with Crippen LogP contribution in [-0.4, -0.2) is 6.17 Å². The van der Waals surface area contributed by atoms with Gasteiger partial charge >= 0.3 is 0 Å². The maximum Gasteiger partial charge on any atom is 0.155 e. The number of hydrogen-bond acceptors (Lipinski definition) is 1. The van der Waals surface area contributed by atoms with Crippen molar-refractivity contribution in [3.05, 3.63) is 47.8 Å². The standard InChI is InChI=1S/C12H10F2S/c13-11-6-3-9(7-12(11)14)8-1-4-10(15)5-2-8/h1-5,7,11,15H,6H2. The van der Waals surface area contributed by atoms with E-state index in [1.54, 1.807) is 6.08 Å². The Balaban J connectivity index is 2.30. The second-order valence-corrected chi connectivity index (χ2v) is 3.96. The Bertz CT molecular complexity index is 418. The normalized spacial score (nSPS) is 20.9. The van der Waals surface area contributed by atoms with E-state index in [0.717, 1.165) is 16.0 Å². The van der Waals surface area contributed by atoms with Gasteiger partial charge in [-0.15, -0.1) is 12.6 Å². The lowest BCUT2D eigenvalue weighted by atomic mass is 9.98. The van der Waals surface area contributed by atoms with Crippen molar-refractivity contribution in [1.82, 2.24) is 0 Å². The van der Waals surface area contributed by atoms with Gasteiger partial charge in [-0.2, -0.15) is 0 Å². The molecule has 0 fully saturated rings. The zero-order valence-electron chi connectivity index (χ0n) is 7.95. The van der Waals surface area contributed by atoms with Gasteiger partial charge in [-0.05, 0) is 29.3 Å². The zero-order chi connectivity index (χ0) is 10.8. The minimum Gasteiger partial charge on any atom is -0.239 e. The molecular formula is C12H10F2S. The lowest BCUT2D eigenvalue weighted by Crippen LogP contribution is -2.03. The van der Waals surface area contributed by atoms with E-state index in [2.05, 4.69) is 12.6 Å². The minimum absolute atomic E-state index is 0.111. The molecule has 1 aliphatic rings. The summed E-state index contributed by atoms with van der Waals surface area (Å²) < 4.78 is 25.9. The first-order valence-corrected chi connectivity index (χ1v) is 5.12. The third-order valence-electron chi connectivity index (χ3n) is 2.34. The number of allylic oxidation sites excluding steroid dienone is 4. The summed E-state index contributed by atoms with van der Waals surface area (Å²) in [6.45, 7) is 0. The van der Waals surface area contributed by atoms with Crippen molar-refractivity contribution in [3.8, 4) is 0 Å². The molecule has 3 heteroatoms. The summed E-state index contributed by atoms with van der Waals surface area (Å²) in [5.41, 5.74) is 1.62. The Labute approximate surface area is 92.7 Å². The summed E-state index contributed by atoms with van der Waals surface area (Å²) in [5, 5.41) is 0. The highest BCUT2D eigenvalue weighted by molar-refractivity contribution is 7.80. The maximum absolute atomic E-state index is 13.0. The summed E-state index contributed by atoms with van der Waals surface area (Å²) in [5.74, 6) is -0.692. The Morgan fingerprint density at radius 3 is 2.47 bits per heavy atom. The van der Waals surface area contributed by atoms with Crippen molar-refractivity contribution in [1.29, 1.82) is 0 Å². The molecule has 0 heterocycles. The third-order valence-corrected chi connectivity index (χ3v) is 2.64. The molecule has 0 saturated carbocycles. The van der Waals surface area contributed by atoms with Gasteiger partial charge in [0.15, 0.2) is 6.17 Å². The molecule has 0 radical (unpaired) electrons. The van der Waals surface area contributed by atoms with E-state index in [1.165, 1.54) is 6.08 Å². The Hall–Kier alpha value is -1.09. The first-order valence-electron chi connectivity index (χ1n) is 4.67. The van der Waals surface area contributed by atoms with Gasteiger partial charge in [0.25, 0.3) is 0 Å². The lowest BCUT2D eigenvalue weighted by Gasteiger charge is -2.12. The molecule has 0 bridgehead atoms. The smallest absolute Gasteiger partial charge is 0.155 e. The van der Waals surface area contributed by atoms with E-state index in [1.807, 2.05) is 24.3 Å². The highest BCUT2D eigenvalue weighted by atomic mass is 32.1. The molecule has 1 aliphatic carbocycles. The second-order valence-electron chi connectivity index (χ2n) is 3.44. The topological polar surface area (TPSA) is 0 Å². The molecular weight excluding hydrogens is 214 g/mol. The van der Waals surface area contributed by atoms with Crippen molar-refractivity contribution in [2.75, 3.05) is 0 Å². The van der Waals surface area contributed by atoms with Crippen LogP contribution in [0.15, 0.2) is 47.1 Å². The van der Waals surface area contributed by atoms with E-state index in [-0.39, 0.29) is 6.42 Å². The molecule has 0 nitrogen and oxygen atoms in total. The van der Waals surface area contributed by atoms with Crippen LogP contribution in [-0.2, 0) is 0 Å². The summed E-state index contributed by atoms with van der Waals surface area (Å²) >= 11 is 4.16. The molecule has 2 rings (SSSR count). The van der Waals surface area contributed by atoms with Crippen LogP contribution in [0.25, 0.3) is 5.57 Å². The van der Waals surface area contributed by atoms with Crippen LogP contribution < -0.4 is 0 Å². The van der Waals surface area contributed by atoms with Crippen molar-refractivity contribution in [3.63, 3.8) is 0 Å². The van der Waals surface area contributed by atoms with Crippen molar-refractivity contribution in [2.24, 2.45) is 0 Å². The van der Waals surface area contributed by atoms with Crippen molar-refractivity contribution < 1.29 is 8.78 Å². The molecule has 0 saturated heterocycles. The quantitative estimate of drug-likeness (QED) is 0.686. The van der Waals surface area contributed by atoms with E-state index < -0.39 is 12.0 Å². The average molecular weight is 224 g/mol. The van der Waals surface area contributed by atoms with Gasteiger partial charge < -0.3 is 0 Å². The number of benzene rings is 1. The number of hydrogen-bond donors (Lipinski definition) is 1. The van der Waals surface area contributed by atoms with Gasteiger partial charge in [-0.1, -0.05) is 18.2 Å². The minimum atomic E-state index is -1.47. The van der Waals surface area contributed by atoms with Crippen molar-refractivity contribution in [2.45, 2.75) is 17.5 Å². The zero-order valence-corrected chi connectivity index (χ0v) is 8.85. The lowest BCUT2D eigenvalue weighted by molar-refractivity contribution is 0.326. The molecule has 0 N–H and O–H groups in total. The van der Waals surface area contributed by atoms with Crippen LogP contribution in [0.1, 0.15) is 12.0 Å². The molecule has 1 aromatic carbocycles. The molecule has 0 amide bonds. The number of thiol groups is 1. The van der Waals surface area contributed by atoms with Gasteiger partial charge in [-0.25, -0.2) is 8.78 Å². The predicted octanol–water partition coefficient (Wildman–Crippen LogP) is 3.95. The van der Waals surface area contributed by atoms with Gasteiger partial charge in [-0.3, -0.25) is 0 Å². The SMILES string of the molecule is FC1=CC(c2ccc(S)cc2)=CCC1F. The second kappa shape index (κ2) is 4.19. The van der Waals surface area contributed by atoms with Gasteiger partial charge in [0.05, 0.1) is 0 Å². The summed E-state index contributed by atoms with van der Waals surface area (Å²) in [6.07, 6.45) is 1.60. The maximum atomic E-state index is 13.0. The molecule has 0 aliphatic heterocycles. The van der Waals surface area contributed by atoms with Gasteiger partial charge in [0, 0.05) is 11.3 Å². The summed E-state index contributed by atoms with van der Waals surface area (Å²) in [4.78, 5) is 0.850. The first kappa shape index (κ1) is 10.4. The first-order chi connectivity index (χ1) is 7.16. The van der Waals surface area contributed by atoms with Crippen LogP contribution in [0.4, 0.5) is 8.78 Å². The van der Waals surface area contributed by atoms with Gasteiger partial charge in [0.1, 0.15) is 5.83 Å². The number of halogens is 2. The summed E-state index contributed by atoms with van der Waals surface area (Å²) in [6, 6.07) is 7.34. The molecule has 0 spiro atoms. The largest absolute Gasteiger partial charge is 0.239 e. The van der Waals surface area contributed by atoms with Crippen LogP contribution in [0.3, 0.4) is 0 Å². The third kappa shape index (κ3) is 2.29. The number of rotatable bonds is 1. The fourth-order valence-corrected chi connectivity index (χ4v) is 1.65. The van der Waals surface area contributed by atoms with E-state index in [0.29, 0.717) is 0 Å². The Morgan fingerprint density at radius 1 is 1.20 bits per heavy atom.